The highest BCUT2D eigenvalue weighted by molar-refractivity contribution is 5.90. The van der Waals surface area contributed by atoms with Gasteiger partial charge in [0.25, 0.3) is 0 Å². The Balaban J connectivity index is 1.23. The van der Waals surface area contributed by atoms with Gasteiger partial charge in [0.15, 0.2) is 11.5 Å². The third-order valence-corrected chi connectivity index (χ3v) is 6.53. The summed E-state index contributed by atoms with van der Waals surface area (Å²) in [6.45, 7) is 3.57. The highest BCUT2D eigenvalue weighted by atomic mass is 16.5. The Morgan fingerprint density at radius 1 is 0.889 bits per heavy atom. The van der Waals surface area contributed by atoms with Gasteiger partial charge in [0.05, 0.1) is 32.5 Å². The van der Waals surface area contributed by atoms with Gasteiger partial charge in [-0.2, -0.15) is 0 Å². The van der Waals surface area contributed by atoms with Crippen molar-refractivity contribution in [2.24, 2.45) is 0 Å². The van der Waals surface area contributed by atoms with E-state index in [1.807, 2.05) is 12.1 Å². The molecule has 1 saturated heterocycles. The molecule has 0 atom stereocenters. The lowest BCUT2D eigenvalue weighted by atomic mass is 10.00. The Morgan fingerprint density at radius 2 is 1.53 bits per heavy atom. The fourth-order valence-electron chi connectivity index (χ4n) is 4.57. The monoisotopic (exact) mass is 489 g/mol. The zero-order chi connectivity index (χ0) is 25.2. The van der Waals surface area contributed by atoms with Gasteiger partial charge in [-0.15, -0.1) is 0 Å². The van der Waals surface area contributed by atoms with E-state index in [-0.39, 0.29) is 12.2 Å². The summed E-state index contributed by atoms with van der Waals surface area (Å²) < 4.78 is 22.7. The molecule has 1 heterocycles. The number of methoxy groups -OCH3 is 2. The maximum absolute atomic E-state index is 11.7. The molecule has 0 saturated carbocycles. The van der Waals surface area contributed by atoms with Crippen LogP contribution in [0.4, 0.5) is 0 Å². The molecule has 0 radical (unpaired) electrons. The lowest BCUT2D eigenvalue weighted by Crippen LogP contribution is -2.38. The smallest absolute Gasteiger partial charge is 0.337 e. The van der Waals surface area contributed by atoms with Gasteiger partial charge in [-0.05, 0) is 48.6 Å². The molecule has 36 heavy (non-hydrogen) atoms. The van der Waals surface area contributed by atoms with E-state index in [4.69, 9.17) is 18.9 Å². The van der Waals surface area contributed by atoms with Crippen molar-refractivity contribution in [1.29, 1.82) is 0 Å². The Kier molecular flexibility index (Phi) is 9.36. The molecular weight excluding hydrogens is 454 g/mol. The van der Waals surface area contributed by atoms with Crippen LogP contribution in [0.15, 0.2) is 78.9 Å². The standard InChI is InChI=1S/C30H35NO5/c1-33-28-22-25(30(32)34-2)14-15-27(28)35-21-9-18-31-19-16-26(17-20-31)36-29(23-10-5-3-6-11-23)24-12-7-4-8-13-24/h3-8,10-15,22,26,29H,9,16-21H2,1-2H3. The van der Waals surface area contributed by atoms with E-state index < -0.39 is 5.97 Å². The van der Waals surface area contributed by atoms with Gasteiger partial charge >= 0.3 is 5.97 Å². The minimum Gasteiger partial charge on any atom is -0.493 e. The number of rotatable bonds is 11. The molecular formula is C30H35NO5. The predicted octanol–water partition coefficient (Wildman–Crippen LogP) is 5.52. The molecule has 0 N–H and O–H groups in total. The normalized spacial score (nSPS) is 14.5. The van der Waals surface area contributed by atoms with Gasteiger partial charge in [-0.3, -0.25) is 0 Å². The van der Waals surface area contributed by atoms with Crippen LogP contribution in [-0.2, 0) is 9.47 Å². The van der Waals surface area contributed by atoms with E-state index in [0.717, 1.165) is 38.9 Å². The van der Waals surface area contributed by atoms with Gasteiger partial charge in [0.2, 0.25) is 0 Å². The molecule has 190 valence electrons. The van der Waals surface area contributed by atoms with Crippen LogP contribution in [0.3, 0.4) is 0 Å². The number of carbonyl (C=O) groups is 1. The summed E-state index contributed by atoms with van der Waals surface area (Å²) in [5.41, 5.74) is 2.82. The zero-order valence-electron chi connectivity index (χ0n) is 21.1. The number of benzene rings is 3. The van der Waals surface area contributed by atoms with Crippen LogP contribution >= 0.6 is 0 Å². The molecule has 3 aromatic rings. The lowest BCUT2D eigenvalue weighted by Gasteiger charge is -2.34. The average molecular weight is 490 g/mol. The third-order valence-electron chi connectivity index (χ3n) is 6.53. The molecule has 0 aromatic heterocycles. The summed E-state index contributed by atoms with van der Waals surface area (Å²) in [5, 5.41) is 0. The quantitative estimate of drug-likeness (QED) is 0.261. The number of likely N-dealkylation sites (tertiary alicyclic amines) is 1. The largest absolute Gasteiger partial charge is 0.493 e. The topological polar surface area (TPSA) is 57.2 Å². The van der Waals surface area contributed by atoms with Gasteiger partial charge in [-0.1, -0.05) is 60.7 Å². The molecule has 0 unspecified atom stereocenters. The van der Waals surface area contributed by atoms with Gasteiger partial charge in [0, 0.05) is 19.6 Å². The van der Waals surface area contributed by atoms with Gasteiger partial charge < -0.3 is 23.8 Å². The minimum atomic E-state index is -0.397. The number of ether oxygens (including phenoxy) is 4. The first-order valence-electron chi connectivity index (χ1n) is 12.5. The molecule has 3 aromatic carbocycles. The Labute approximate surface area is 213 Å². The van der Waals surface area contributed by atoms with Crippen LogP contribution in [0.2, 0.25) is 0 Å². The molecule has 0 spiro atoms. The summed E-state index contributed by atoms with van der Waals surface area (Å²) in [4.78, 5) is 14.2. The van der Waals surface area contributed by atoms with Crippen molar-refractivity contribution in [2.75, 3.05) is 40.5 Å². The summed E-state index contributed by atoms with van der Waals surface area (Å²) in [5.74, 6) is 0.762. The number of piperidine rings is 1. The van der Waals surface area contributed by atoms with Crippen LogP contribution in [-0.4, -0.2) is 57.4 Å². The van der Waals surface area contributed by atoms with Crippen molar-refractivity contribution >= 4 is 5.97 Å². The SMILES string of the molecule is COC(=O)c1ccc(OCCCN2CCC(OC(c3ccccc3)c3ccccc3)CC2)c(OC)c1. The highest BCUT2D eigenvalue weighted by Crippen LogP contribution is 2.30. The van der Waals surface area contributed by atoms with Crippen molar-refractivity contribution in [3.63, 3.8) is 0 Å². The number of carbonyl (C=O) groups excluding carboxylic acids is 1. The second kappa shape index (κ2) is 13.1. The zero-order valence-corrected chi connectivity index (χ0v) is 21.1. The summed E-state index contributed by atoms with van der Waals surface area (Å²) in [6, 6.07) is 26.0. The first-order chi connectivity index (χ1) is 17.7. The second-order valence-electron chi connectivity index (χ2n) is 8.94. The van der Waals surface area contributed by atoms with Crippen LogP contribution in [0.1, 0.15) is 46.9 Å². The van der Waals surface area contributed by atoms with Crippen LogP contribution in [0, 0.1) is 0 Å². The highest BCUT2D eigenvalue weighted by Gasteiger charge is 2.24. The fraction of sp³-hybridized carbons (Fsp3) is 0.367. The Morgan fingerprint density at radius 3 is 2.11 bits per heavy atom. The maximum atomic E-state index is 11.7. The van der Waals surface area contributed by atoms with Crippen LogP contribution in [0.25, 0.3) is 0 Å². The Bertz CT molecular complexity index is 1040. The van der Waals surface area contributed by atoms with Crippen molar-refractivity contribution in [3.05, 3.63) is 95.6 Å². The van der Waals surface area contributed by atoms with E-state index in [1.165, 1.54) is 18.2 Å². The third kappa shape index (κ3) is 6.86. The first-order valence-corrected chi connectivity index (χ1v) is 12.5. The fourth-order valence-corrected chi connectivity index (χ4v) is 4.57. The van der Waals surface area contributed by atoms with E-state index >= 15 is 0 Å². The molecule has 0 aliphatic carbocycles. The molecule has 0 bridgehead atoms. The molecule has 6 nitrogen and oxygen atoms in total. The number of hydrogen-bond donors (Lipinski definition) is 0. The van der Waals surface area contributed by atoms with E-state index in [2.05, 4.69) is 53.4 Å². The average Bonchev–Trinajstić information content (AvgIpc) is 2.95. The first kappa shape index (κ1) is 25.7. The summed E-state index contributed by atoms with van der Waals surface area (Å²) in [6.07, 6.45) is 3.13. The predicted molar refractivity (Wildman–Crippen MR) is 140 cm³/mol. The van der Waals surface area contributed by atoms with Crippen molar-refractivity contribution in [2.45, 2.75) is 31.5 Å². The molecule has 4 rings (SSSR count). The molecule has 1 aliphatic heterocycles. The van der Waals surface area contributed by atoms with E-state index in [1.54, 1.807) is 25.3 Å². The molecule has 1 aliphatic rings. The second-order valence-corrected chi connectivity index (χ2v) is 8.94. The number of esters is 1. The number of hydrogen-bond acceptors (Lipinski definition) is 6. The molecule has 1 fully saturated rings. The molecule has 0 amide bonds. The molecule has 6 heteroatoms. The summed E-state index contributed by atoms with van der Waals surface area (Å²) in [7, 11) is 2.93. The van der Waals surface area contributed by atoms with Gasteiger partial charge in [-0.25, -0.2) is 4.79 Å². The Hall–Kier alpha value is -3.35. The van der Waals surface area contributed by atoms with Crippen LogP contribution < -0.4 is 9.47 Å². The minimum absolute atomic E-state index is 0.0436. The van der Waals surface area contributed by atoms with E-state index in [9.17, 15) is 4.79 Å². The van der Waals surface area contributed by atoms with Crippen molar-refractivity contribution in [1.82, 2.24) is 4.90 Å². The maximum Gasteiger partial charge on any atom is 0.337 e. The van der Waals surface area contributed by atoms with Crippen LogP contribution in [0.5, 0.6) is 11.5 Å². The van der Waals surface area contributed by atoms with Crippen molar-refractivity contribution in [3.8, 4) is 11.5 Å². The van der Waals surface area contributed by atoms with Crippen molar-refractivity contribution < 1.29 is 23.7 Å². The number of nitrogens with zero attached hydrogens (tertiary/aromatic N) is 1. The lowest BCUT2D eigenvalue weighted by molar-refractivity contribution is -0.0273. The van der Waals surface area contributed by atoms with E-state index in [0.29, 0.717) is 23.7 Å². The summed E-state index contributed by atoms with van der Waals surface area (Å²) >= 11 is 0. The van der Waals surface area contributed by atoms with Gasteiger partial charge in [0.1, 0.15) is 6.10 Å².